The van der Waals surface area contributed by atoms with Gasteiger partial charge in [0, 0.05) is 43.2 Å². The lowest BCUT2D eigenvalue weighted by Crippen LogP contribution is -2.20. The van der Waals surface area contributed by atoms with E-state index < -0.39 is 0 Å². The SMILES string of the molecule is CC[C@H]1CC(NC(C)c2ccc(OC3Cc4ccccc4C3)c(F)c2)=CN1. The summed E-state index contributed by atoms with van der Waals surface area (Å²) < 4.78 is 20.6. The summed E-state index contributed by atoms with van der Waals surface area (Å²) in [5.41, 5.74) is 4.72. The molecule has 0 spiro atoms. The molecule has 4 heteroatoms. The Bertz CT molecular complexity index is 823. The Morgan fingerprint density at radius 2 is 1.89 bits per heavy atom. The highest BCUT2D eigenvalue weighted by Crippen LogP contribution is 2.29. The van der Waals surface area contributed by atoms with Gasteiger partial charge >= 0.3 is 0 Å². The van der Waals surface area contributed by atoms with Crippen molar-refractivity contribution in [2.24, 2.45) is 0 Å². The molecule has 2 atom stereocenters. The lowest BCUT2D eigenvalue weighted by atomic mass is 10.1. The smallest absolute Gasteiger partial charge is 0.165 e. The van der Waals surface area contributed by atoms with Crippen molar-refractivity contribution in [3.8, 4) is 5.75 Å². The highest BCUT2D eigenvalue weighted by molar-refractivity contribution is 5.35. The normalized spacial score (nSPS) is 20.0. The van der Waals surface area contributed by atoms with E-state index in [0.29, 0.717) is 11.8 Å². The van der Waals surface area contributed by atoms with Crippen molar-refractivity contribution >= 4 is 0 Å². The molecule has 4 rings (SSSR count). The van der Waals surface area contributed by atoms with Crippen LogP contribution in [-0.4, -0.2) is 12.1 Å². The number of nitrogens with one attached hydrogen (secondary N) is 2. The van der Waals surface area contributed by atoms with Gasteiger partial charge in [-0.1, -0.05) is 37.3 Å². The maximum Gasteiger partial charge on any atom is 0.165 e. The molecule has 1 unspecified atom stereocenters. The fraction of sp³-hybridized carbons (Fsp3) is 0.391. The van der Waals surface area contributed by atoms with Crippen LogP contribution >= 0.6 is 0 Å². The summed E-state index contributed by atoms with van der Waals surface area (Å²) in [6.45, 7) is 4.23. The minimum atomic E-state index is -0.290. The van der Waals surface area contributed by atoms with Crippen LogP contribution < -0.4 is 15.4 Å². The molecule has 0 amide bonds. The van der Waals surface area contributed by atoms with E-state index in [1.54, 1.807) is 12.1 Å². The van der Waals surface area contributed by atoms with Crippen LogP contribution in [0.2, 0.25) is 0 Å². The summed E-state index contributed by atoms with van der Waals surface area (Å²) in [6, 6.07) is 14.2. The number of rotatable bonds is 6. The molecule has 2 aliphatic rings. The number of hydrogen-bond donors (Lipinski definition) is 2. The molecule has 0 bridgehead atoms. The Labute approximate surface area is 160 Å². The number of hydrogen-bond acceptors (Lipinski definition) is 3. The number of fused-ring (bicyclic) bond motifs is 1. The largest absolute Gasteiger partial charge is 0.487 e. The third-order valence-electron chi connectivity index (χ3n) is 5.62. The predicted molar refractivity (Wildman–Crippen MR) is 106 cm³/mol. The average molecular weight is 366 g/mol. The van der Waals surface area contributed by atoms with Crippen LogP contribution in [0, 0.1) is 5.82 Å². The van der Waals surface area contributed by atoms with Gasteiger partial charge in [0.05, 0.1) is 0 Å². The highest BCUT2D eigenvalue weighted by atomic mass is 19.1. The maximum atomic E-state index is 14.6. The lowest BCUT2D eigenvalue weighted by Gasteiger charge is -2.19. The molecular formula is C23H27FN2O. The Kier molecular flexibility index (Phi) is 5.06. The van der Waals surface area contributed by atoms with Crippen LogP contribution in [-0.2, 0) is 12.8 Å². The van der Waals surface area contributed by atoms with Gasteiger partial charge in [0.1, 0.15) is 6.10 Å². The first kappa shape index (κ1) is 17.9. The summed E-state index contributed by atoms with van der Waals surface area (Å²) in [6.07, 6.45) is 5.83. The molecule has 3 nitrogen and oxygen atoms in total. The van der Waals surface area contributed by atoms with Crippen LogP contribution in [0.25, 0.3) is 0 Å². The van der Waals surface area contributed by atoms with Gasteiger partial charge in [0.15, 0.2) is 11.6 Å². The average Bonchev–Trinajstić information content (AvgIpc) is 3.29. The van der Waals surface area contributed by atoms with E-state index in [1.165, 1.54) is 16.8 Å². The van der Waals surface area contributed by atoms with E-state index in [0.717, 1.165) is 31.2 Å². The van der Waals surface area contributed by atoms with Crippen molar-refractivity contribution in [3.05, 3.63) is 76.9 Å². The molecule has 2 aromatic rings. The zero-order valence-electron chi connectivity index (χ0n) is 16.0. The van der Waals surface area contributed by atoms with Gasteiger partial charge < -0.3 is 15.4 Å². The summed E-state index contributed by atoms with van der Waals surface area (Å²) in [4.78, 5) is 0. The Balaban J connectivity index is 1.38. The molecular weight excluding hydrogens is 339 g/mol. The van der Waals surface area contributed by atoms with Gasteiger partial charge in [0.25, 0.3) is 0 Å². The molecule has 2 aromatic carbocycles. The zero-order valence-corrected chi connectivity index (χ0v) is 16.0. The minimum absolute atomic E-state index is 0.0130. The van der Waals surface area contributed by atoms with E-state index in [-0.39, 0.29) is 18.0 Å². The molecule has 0 fully saturated rings. The van der Waals surface area contributed by atoms with E-state index in [2.05, 4.69) is 36.6 Å². The topological polar surface area (TPSA) is 33.3 Å². The fourth-order valence-corrected chi connectivity index (χ4v) is 3.99. The molecule has 0 radical (unpaired) electrons. The van der Waals surface area contributed by atoms with E-state index in [9.17, 15) is 4.39 Å². The van der Waals surface area contributed by atoms with Gasteiger partial charge in [-0.2, -0.15) is 0 Å². The first-order chi connectivity index (χ1) is 13.1. The van der Waals surface area contributed by atoms with Crippen LogP contribution in [0.1, 0.15) is 49.4 Å². The Morgan fingerprint density at radius 3 is 2.52 bits per heavy atom. The van der Waals surface area contributed by atoms with Crippen molar-refractivity contribution in [2.45, 2.75) is 57.7 Å². The molecule has 1 heterocycles. The maximum absolute atomic E-state index is 14.6. The monoisotopic (exact) mass is 366 g/mol. The first-order valence-electron chi connectivity index (χ1n) is 9.87. The fourth-order valence-electron chi connectivity index (χ4n) is 3.99. The van der Waals surface area contributed by atoms with Crippen molar-refractivity contribution in [3.63, 3.8) is 0 Å². The molecule has 0 aromatic heterocycles. The van der Waals surface area contributed by atoms with Gasteiger partial charge in [-0.3, -0.25) is 0 Å². The second-order valence-corrected chi connectivity index (χ2v) is 7.62. The summed E-state index contributed by atoms with van der Waals surface area (Å²) in [5, 5.41) is 6.85. The minimum Gasteiger partial charge on any atom is -0.487 e. The van der Waals surface area contributed by atoms with E-state index >= 15 is 0 Å². The lowest BCUT2D eigenvalue weighted by molar-refractivity contribution is 0.204. The number of halogens is 1. The molecule has 27 heavy (non-hydrogen) atoms. The molecule has 1 aliphatic heterocycles. The van der Waals surface area contributed by atoms with E-state index in [1.807, 2.05) is 24.4 Å². The van der Waals surface area contributed by atoms with Gasteiger partial charge in [-0.15, -0.1) is 0 Å². The van der Waals surface area contributed by atoms with Gasteiger partial charge in [0.2, 0.25) is 0 Å². The molecule has 0 saturated heterocycles. The standard InChI is InChI=1S/C23H27FN2O/c1-3-19-13-20(14-25-19)26-15(2)16-8-9-23(22(24)12-16)27-21-10-17-6-4-5-7-18(17)11-21/h4-9,12,14-15,19,21,25-26H,3,10-11,13H2,1-2H3/t15?,19-/m0/s1. The third-order valence-corrected chi connectivity index (χ3v) is 5.62. The molecule has 142 valence electrons. The number of benzene rings is 2. The van der Waals surface area contributed by atoms with Crippen molar-refractivity contribution in [1.29, 1.82) is 0 Å². The summed E-state index contributed by atoms with van der Waals surface area (Å²) in [5.74, 6) is 0.0543. The second-order valence-electron chi connectivity index (χ2n) is 7.62. The summed E-state index contributed by atoms with van der Waals surface area (Å²) >= 11 is 0. The third kappa shape index (κ3) is 3.95. The van der Waals surface area contributed by atoms with Crippen LogP contribution in [0.4, 0.5) is 4.39 Å². The highest BCUT2D eigenvalue weighted by Gasteiger charge is 2.24. The van der Waals surface area contributed by atoms with Crippen LogP contribution in [0.5, 0.6) is 5.75 Å². The van der Waals surface area contributed by atoms with Crippen LogP contribution in [0.15, 0.2) is 54.4 Å². The van der Waals surface area contributed by atoms with Gasteiger partial charge in [-0.25, -0.2) is 4.39 Å². The van der Waals surface area contributed by atoms with Crippen molar-refractivity contribution in [1.82, 2.24) is 10.6 Å². The predicted octanol–water partition coefficient (Wildman–Crippen LogP) is 4.64. The molecule has 0 saturated carbocycles. The van der Waals surface area contributed by atoms with Crippen LogP contribution in [0.3, 0.4) is 0 Å². The second kappa shape index (κ2) is 7.63. The Morgan fingerprint density at radius 1 is 1.15 bits per heavy atom. The Hall–Kier alpha value is -2.49. The number of ether oxygens (including phenoxy) is 1. The molecule has 1 aliphatic carbocycles. The first-order valence-corrected chi connectivity index (χ1v) is 9.87. The van der Waals surface area contributed by atoms with E-state index in [4.69, 9.17) is 4.74 Å². The van der Waals surface area contributed by atoms with Crippen molar-refractivity contribution < 1.29 is 9.13 Å². The summed E-state index contributed by atoms with van der Waals surface area (Å²) in [7, 11) is 0. The quantitative estimate of drug-likeness (QED) is 0.782. The zero-order chi connectivity index (χ0) is 18.8. The van der Waals surface area contributed by atoms with Crippen molar-refractivity contribution in [2.75, 3.05) is 0 Å². The molecule has 2 N–H and O–H groups in total. The van der Waals surface area contributed by atoms with Gasteiger partial charge in [-0.05, 0) is 42.2 Å².